The zero-order valence-electron chi connectivity index (χ0n) is 16.7. The molecule has 0 bridgehead atoms. The maximum Gasteiger partial charge on any atom is 0.416 e. The molecule has 0 saturated heterocycles. The number of ether oxygens (including phenoxy) is 2. The fraction of sp³-hybridized carbons (Fsp3) is 0.429. The van der Waals surface area contributed by atoms with Gasteiger partial charge in [-0.3, -0.25) is 4.79 Å². The van der Waals surface area contributed by atoms with Gasteiger partial charge in [0.2, 0.25) is 5.88 Å². The normalized spacial score (nSPS) is 11.9. The van der Waals surface area contributed by atoms with Crippen LogP contribution < -0.4 is 10.1 Å². The molecule has 2 aromatic rings. The lowest BCUT2D eigenvalue weighted by Gasteiger charge is -2.19. The van der Waals surface area contributed by atoms with E-state index >= 15 is 0 Å². The van der Waals surface area contributed by atoms with Crippen molar-refractivity contribution < 1.29 is 27.4 Å². The first-order valence-electron chi connectivity index (χ1n) is 9.22. The van der Waals surface area contributed by atoms with Crippen molar-refractivity contribution in [2.45, 2.75) is 39.0 Å². The van der Waals surface area contributed by atoms with Crippen LogP contribution in [0.25, 0.3) is 0 Å². The summed E-state index contributed by atoms with van der Waals surface area (Å²) in [6.07, 6.45) is -2.52. The van der Waals surface area contributed by atoms with Gasteiger partial charge in [0.1, 0.15) is 6.61 Å². The average Bonchev–Trinajstić information content (AvgIpc) is 2.64. The molecule has 0 aliphatic carbocycles. The molecule has 0 aliphatic heterocycles. The van der Waals surface area contributed by atoms with Crippen molar-refractivity contribution in [1.82, 2.24) is 10.3 Å². The minimum atomic E-state index is -4.35. The van der Waals surface area contributed by atoms with Crippen molar-refractivity contribution >= 4 is 5.91 Å². The molecule has 1 heterocycles. The van der Waals surface area contributed by atoms with Crippen molar-refractivity contribution in [2.24, 2.45) is 0 Å². The van der Waals surface area contributed by atoms with Gasteiger partial charge >= 0.3 is 6.18 Å². The third kappa shape index (κ3) is 8.11. The maximum atomic E-state index is 12.5. The lowest BCUT2D eigenvalue weighted by Crippen LogP contribution is -2.25. The van der Waals surface area contributed by atoms with Crippen LogP contribution in [0.4, 0.5) is 13.2 Å². The molecule has 8 heteroatoms. The molecule has 0 saturated carbocycles. The number of halogens is 3. The number of alkyl halides is 3. The Morgan fingerprint density at radius 3 is 2.28 bits per heavy atom. The molecule has 1 amide bonds. The quantitative estimate of drug-likeness (QED) is 0.661. The Balaban J connectivity index is 1.75. The van der Waals surface area contributed by atoms with Crippen molar-refractivity contribution in [3.63, 3.8) is 0 Å². The summed E-state index contributed by atoms with van der Waals surface area (Å²) in [7, 11) is 0. The molecule has 0 atom stereocenters. The average molecular weight is 410 g/mol. The van der Waals surface area contributed by atoms with Crippen LogP contribution in [0.5, 0.6) is 5.88 Å². The maximum absolute atomic E-state index is 12.5. The molecule has 158 valence electrons. The molecule has 0 aliphatic rings. The first kappa shape index (κ1) is 22.7. The number of pyridine rings is 1. The Morgan fingerprint density at radius 1 is 1.03 bits per heavy atom. The van der Waals surface area contributed by atoms with Crippen LogP contribution >= 0.6 is 0 Å². The monoisotopic (exact) mass is 410 g/mol. The van der Waals surface area contributed by atoms with Gasteiger partial charge in [0, 0.05) is 18.8 Å². The van der Waals surface area contributed by atoms with Crippen molar-refractivity contribution in [2.75, 3.05) is 19.8 Å². The van der Waals surface area contributed by atoms with Crippen molar-refractivity contribution in [3.05, 3.63) is 59.3 Å². The van der Waals surface area contributed by atoms with E-state index in [4.69, 9.17) is 9.47 Å². The lowest BCUT2D eigenvalue weighted by atomic mass is 10.1. The van der Waals surface area contributed by atoms with Crippen LogP contribution in [-0.2, 0) is 17.3 Å². The molecule has 0 spiro atoms. The van der Waals surface area contributed by atoms with E-state index in [1.54, 1.807) is 12.1 Å². The first-order chi connectivity index (χ1) is 13.5. The van der Waals surface area contributed by atoms with Crippen molar-refractivity contribution in [3.8, 4) is 5.88 Å². The molecular formula is C21H25F3N2O3. The number of nitrogens with one attached hydrogen (secondary N) is 1. The van der Waals surface area contributed by atoms with E-state index in [1.165, 1.54) is 18.3 Å². The van der Waals surface area contributed by atoms with Crippen LogP contribution in [0.2, 0.25) is 0 Å². The van der Waals surface area contributed by atoms with Gasteiger partial charge in [-0.1, -0.05) is 12.1 Å². The molecule has 0 radical (unpaired) electrons. The topological polar surface area (TPSA) is 60.5 Å². The molecule has 1 aromatic carbocycles. The standard InChI is InChI=1S/C21H25F3N2O3/c1-20(2,3)29-13-12-28-18-9-6-16(14-26-18)19(27)25-11-10-15-4-7-17(8-5-15)21(22,23)24/h4-9,14H,10-13H2,1-3H3,(H,25,27). The molecule has 2 rings (SSSR count). The van der Waals surface area contributed by atoms with Gasteiger partial charge in [0.05, 0.1) is 23.3 Å². The number of hydrogen-bond donors (Lipinski definition) is 1. The molecule has 1 N–H and O–H groups in total. The van der Waals surface area contributed by atoms with Gasteiger partial charge in [0.15, 0.2) is 0 Å². The zero-order valence-corrected chi connectivity index (χ0v) is 16.7. The zero-order chi connectivity index (χ0) is 21.5. The van der Waals surface area contributed by atoms with Crippen LogP contribution in [0, 0.1) is 0 Å². The number of carbonyl (C=O) groups is 1. The highest BCUT2D eigenvalue weighted by atomic mass is 19.4. The van der Waals surface area contributed by atoms with Gasteiger partial charge in [-0.2, -0.15) is 13.2 Å². The summed E-state index contributed by atoms with van der Waals surface area (Å²) in [6, 6.07) is 8.08. The van der Waals surface area contributed by atoms with E-state index in [9.17, 15) is 18.0 Å². The predicted octanol–water partition coefficient (Wildman–Crippen LogP) is 4.27. The van der Waals surface area contributed by atoms with Gasteiger partial charge in [-0.25, -0.2) is 4.98 Å². The van der Waals surface area contributed by atoms with Crippen LogP contribution in [0.3, 0.4) is 0 Å². The lowest BCUT2D eigenvalue weighted by molar-refractivity contribution is -0.137. The molecular weight excluding hydrogens is 385 g/mol. The Labute approximate surface area is 168 Å². The highest BCUT2D eigenvalue weighted by Crippen LogP contribution is 2.29. The SMILES string of the molecule is CC(C)(C)OCCOc1ccc(C(=O)NCCc2ccc(C(F)(F)F)cc2)cn1. The van der Waals surface area contributed by atoms with Gasteiger partial charge in [-0.05, 0) is 51.0 Å². The van der Waals surface area contributed by atoms with Gasteiger partial charge in [0.25, 0.3) is 5.91 Å². The van der Waals surface area contributed by atoms with Crippen LogP contribution in [0.1, 0.15) is 42.3 Å². The second kappa shape index (κ2) is 9.73. The number of amides is 1. The summed E-state index contributed by atoms with van der Waals surface area (Å²) in [5.41, 5.74) is 0.149. The second-order valence-corrected chi connectivity index (χ2v) is 7.39. The van der Waals surface area contributed by atoms with Gasteiger partial charge < -0.3 is 14.8 Å². The van der Waals surface area contributed by atoms with E-state index in [0.717, 1.165) is 12.1 Å². The van der Waals surface area contributed by atoms with Gasteiger partial charge in [-0.15, -0.1) is 0 Å². The Morgan fingerprint density at radius 2 is 1.72 bits per heavy atom. The minimum Gasteiger partial charge on any atom is -0.475 e. The van der Waals surface area contributed by atoms with Crippen molar-refractivity contribution in [1.29, 1.82) is 0 Å². The first-order valence-corrected chi connectivity index (χ1v) is 9.22. The number of benzene rings is 1. The second-order valence-electron chi connectivity index (χ2n) is 7.39. The van der Waals surface area contributed by atoms with E-state index in [-0.39, 0.29) is 11.5 Å². The Hall–Kier alpha value is -2.61. The fourth-order valence-corrected chi connectivity index (χ4v) is 2.38. The molecule has 1 aromatic heterocycles. The highest BCUT2D eigenvalue weighted by molar-refractivity contribution is 5.93. The number of nitrogens with zero attached hydrogens (tertiary/aromatic N) is 1. The van der Waals surface area contributed by atoms with Crippen LogP contribution in [-0.4, -0.2) is 36.3 Å². The summed E-state index contributed by atoms with van der Waals surface area (Å²) in [5.74, 6) is 0.0795. The summed E-state index contributed by atoms with van der Waals surface area (Å²) in [4.78, 5) is 16.2. The summed E-state index contributed by atoms with van der Waals surface area (Å²) in [6.45, 7) is 6.94. The highest BCUT2D eigenvalue weighted by Gasteiger charge is 2.29. The van der Waals surface area contributed by atoms with E-state index in [0.29, 0.717) is 43.2 Å². The number of hydrogen-bond acceptors (Lipinski definition) is 4. The summed E-state index contributed by atoms with van der Waals surface area (Å²) in [5, 5.41) is 2.72. The molecule has 29 heavy (non-hydrogen) atoms. The predicted molar refractivity (Wildman–Crippen MR) is 103 cm³/mol. The Kier molecular flexibility index (Phi) is 7.61. The number of carbonyl (C=O) groups excluding carboxylic acids is 1. The summed E-state index contributed by atoms with van der Waals surface area (Å²) < 4.78 is 48.7. The van der Waals surface area contributed by atoms with E-state index in [2.05, 4.69) is 10.3 Å². The van der Waals surface area contributed by atoms with E-state index < -0.39 is 11.7 Å². The molecule has 0 unspecified atom stereocenters. The summed E-state index contributed by atoms with van der Waals surface area (Å²) >= 11 is 0. The number of aromatic nitrogens is 1. The molecule has 5 nitrogen and oxygen atoms in total. The minimum absolute atomic E-state index is 0.237. The third-order valence-corrected chi connectivity index (χ3v) is 3.85. The fourth-order valence-electron chi connectivity index (χ4n) is 2.38. The third-order valence-electron chi connectivity index (χ3n) is 3.85. The van der Waals surface area contributed by atoms with E-state index in [1.807, 2.05) is 20.8 Å². The Bertz CT molecular complexity index is 783. The largest absolute Gasteiger partial charge is 0.475 e. The smallest absolute Gasteiger partial charge is 0.416 e. The number of rotatable bonds is 8. The molecule has 0 fully saturated rings. The van der Waals surface area contributed by atoms with Crippen LogP contribution in [0.15, 0.2) is 42.6 Å².